The minimum Gasteiger partial charge on any atom is -0.456 e. The van der Waals surface area contributed by atoms with Gasteiger partial charge in [0.1, 0.15) is 11.5 Å². The van der Waals surface area contributed by atoms with Gasteiger partial charge in [0.2, 0.25) is 11.5 Å². The predicted molar refractivity (Wildman–Crippen MR) is 73.2 cm³/mol. The predicted octanol–water partition coefficient (Wildman–Crippen LogP) is 4.81. The average Bonchev–Trinajstić information content (AvgIpc) is 2.35. The zero-order valence-electron chi connectivity index (χ0n) is 8.97. The Kier molecular flexibility index (Phi) is 4.36. The molecule has 0 aliphatic heterocycles. The van der Waals surface area contributed by atoms with Crippen molar-refractivity contribution in [3.05, 3.63) is 52.5 Å². The van der Waals surface area contributed by atoms with Gasteiger partial charge in [-0.25, -0.2) is 0 Å². The van der Waals surface area contributed by atoms with E-state index in [4.69, 9.17) is 27.9 Å². The maximum Gasteiger partial charge on any atom is 0.205 e. The summed E-state index contributed by atoms with van der Waals surface area (Å²) >= 11 is 11.9. The van der Waals surface area contributed by atoms with Gasteiger partial charge in [0.15, 0.2) is 0 Å². The molecule has 0 aliphatic rings. The third-order valence-electron chi connectivity index (χ3n) is 2.10. The van der Waals surface area contributed by atoms with Gasteiger partial charge in [-0.2, -0.15) is 8.57 Å². The van der Waals surface area contributed by atoms with Crippen molar-refractivity contribution in [2.45, 2.75) is 0 Å². The van der Waals surface area contributed by atoms with Crippen molar-refractivity contribution in [1.29, 1.82) is 0 Å². The third-order valence-corrected chi connectivity index (χ3v) is 2.92. The second-order valence-electron chi connectivity index (χ2n) is 3.34. The second-order valence-corrected chi connectivity index (χ2v) is 4.51. The van der Waals surface area contributed by atoms with Crippen LogP contribution in [0.1, 0.15) is 0 Å². The molecule has 0 spiro atoms. The van der Waals surface area contributed by atoms with E-state index in [0.29, 0.717) is 27.2 Å². The van der Waals surface area contributed by atoms with Gasteiger partial charge in [0.05, 0.1) is 10.7 Å². The van der Waals surface area contributed by atoms with Crippen LogP contribution in [0.5, 0.6) is 11.5 Å². The molecule has 0 radical (unpaired) electrons. The van der Waals surface area contributed by atoms with Crippen molar-refractivity contribution in [3.63, 3.8) is 0 Å². The first-order valence-corrected chi connectivity index (χ1v) is 6.37. The van der Waals surface area contributed by atoms with Crippen molar-refractivity contribution in [3.8, 4) is 11.5 Å². The number of hydrogen-bond donors (Lipinski definition) is 0. The minimum atomic E-state index is 0.167. The first-order chi connectivity index (χ1) is 8.69. The highest BCUT2D eigenvalue weighted by Gasteiger charge is 2.03. The molecule has 6 heteroatoms. The normalized spacial score (nSPS) is 9.89. The van der Waals surface area contributed by atoms with Crippen LogP contribution in [-0.4, -0.2) is 4.21 Å². The summed E-state index contributed by atoms with van der Waals surface area (Å²) in [5, 5.41) is 0.986. The van der Waals surface area contributed by atoms with E-state index < -0.39 is 0 Å². The lowest BCUT2D eigenvalue weighted by Gasteiger charge is -2.07. The fourth-order valence-electron chi connectivity index (χ4n) is 1.30. The number of halogens is 2. The summed E-state index contributed by atoms with van der Waals surface area (Å²) in [5.41, 5.74) is 0.588. The summed E-state index contributed by atoms with van der Waals surface area (Å²) < 4.78 is 19.5. The third kappa shape index (κ3) is 3.32. The Hall–Kier alpha value is -1.36. The van der Waals surface area contributed by atoms with Gasteiger partial charge in [-0.3, -0.25) is 0 Å². The largest absolute Gasteiger partial charge is 0.456 e. The zero-order chi connectivity index (χ0) is 13.0. The van der Waals surface area contributed by atoms with Crippen molar-refractivity contribution in [2.75, 3.05) is 0 Å². The van der Waals surface area contributed by atoms with Gasteiger partial charge in [0.25, 0.3) is 0 Å². The second kappa shape index (κ2) is 6.00. The number of hydrogen-bond acceptors (Lipinski definition) is 3. The first-order valence-electron chi connectivity index (χ1n) is 4.92. The molecule has 0 saturated heterocycles. The maximum atomic E-state index is 10.2. The van der Waals surface area contributed by atoms with E-state index in [1.54, 1.807) is 42.5 Å². The van der Waals surface area contributed by atoms with Crippen LogP contribution in [0, 0.1) is 0 Å². The fraction of sp³-hybridized carbons (Fsp3) is 0. The standard InChI is InChI=1S/C12H7Cl2NO2S/c13-8-1-6-12(11(14)7-8)17-10-4-2-9(3-5-10)15-18-16/h1-7H. The van der Waals surface area contributed by atoms with Gasteiger partial charge in [-0.05, 0) is 42.5 Å². The summed E-state index contributed by atoms with van der Waals surface area (Å²) in [6.45, 7) is 0. The SMILES string of the molecule is O=S=Nc1ccc(Oc2ccc(Cl)cc2Cl)cc1. The molecule has 0 unspecified atom stereocenters. The molecule has 3 nitrogen and oxygen atoms in total. The van der Waals surface area contributed by atoms with Crippen LogP contribution in [0.3, 0.4) is 0 Å². The Balaban J connectivity index is 2.20. The molecule has 0 amide bonds. The van der Waals surface area contributed by atoms with Crippen molar-refractivity contribution < 1.29 is 8.95 Å². The highest BCUT2D eigenvalue weighted by Crippen LogP contribution is 2.32. The Labute approximate surface area is 118 Å². The molecule has 0 N–H and O–H groups in total. The number of benzene rings is 2. The monoisotopic (exact) mass is 299 g/mol. The molecule has 0 aliphatic carbocycles. The molecule has 0 aromatic heterocycles. The first kappa shape index (κ1) is 13.1. The molecule has 0 saturated carbocycles. The minimum absolute atomic E-state index is 0.167. The van der Waals surface area contributed by atoms with Crippen molar-refractivity contribution in [1.82, 2.24) is 0 Å². The van der Waals surface area contributed by atoms with Gasteiger partial charge < -0.3 is 4.74 Å². The summed E-state index contributed by atoms with van der Waals surface area (Å²) in [5.74, 6) is 1.12. The topological polar surface area (TPSA) is 38.7 Å². The van der Waals surface area contributed by atoms with Crippen LogP contribution in [0.4, 0.5) is 5.69 Å². The quantitative estimate of drug-likeness (QED) is 0.815. The van der Waals surface area contributed by atoms with Crippen molar-refractivity contribution in [2.24, 2.45) is 4.36 Å². The lowest BCUT2D eigenvalue weighted by atomic mass is 10.3. The van der Waals surface area contributed by atoms with Gasteiger partial charge in [-0.1, -0.05) is 23.2 Å². The van der Waals surface area contributed by atoms with E-state index in [1.807, 2.05) is 0 Å². The van der Waals surface area contributed by atoms with E-state index in [-0.39, 0.29) is 11.5 Å². The Bertz CT molecular complexity index is 610. The van der Waals surface area contributed by atoms with E-state index in [0.717, 1.165) is 0 Å². The van der Waals surface area contributed by atoms with E-state index >= 15 is 0 Å². The molecule has 2 rings (SSSR count). The van der Waals surface area contributed by atoms with Crippen LogP contribution < -0.4 is 4.74 Å². The average molecular weight is 300 g/mol. The van der Waals surface area contributed by atoms with Gasteiger partial charge in [-0.15, -0.1) is 0 Å². The number of ether oxygens (including phenoxy) is 1. The Morgan fingerprint density at radius 3 is 2.39 bits per heavy atom. The van der Waals surface area contributed by atoms with E-state index in [2.05, 4.69) is 4.36 Å². The summed E-state index contributed by atoms with van der Waals surface area (Å²) in [4.78, 5) is 0. The van der Waals surface area contributed by atoms with Gasteiger partial charge in [0, 0.05) is 5.02 Å². The zero-order valence-corrected chi connectivity index (χ0v) is 11.3. The molecule has 0 atom stereocenters. The summed E-state index contributed by atoms with van der Waals surface area (Å²) in [6, 6.07) is 11.8. The summed E-state index contributed by atoms with van der Waals surface area (Å²) in [7, 11) is 0. The molecule has 2 aromatic carbocycles. The Morgan fingerprint density at radius 1 is 1.06 bits per heavy atom. The molecule has 2 aromatic rings. The van der Waals surface area contributed by atoms with Crippen LogP contribution in [0.15, 0.2) is 46.8 Å². The van der Waals surface area contributed by atoms with Crippen LogP contribution >= 0.6 is 23.2 Å². The maximum absolute atomic E-state index is 10.2. The molecule has 0 fully saturated rings. The van der Waals surface area contributed by atoms with E-state index in [1.165, 1.54) is 0 Å². The molecule has 0 bridgehead atoms. The van der Waals surface area contributed by atoms with Crippen LogP contribution in [0.25, 0.3) is 0 Å². The highest BCUT2D eigenvalue weighted by molar-refractivity contribution is 7.54. The lowest BCUT2D eigenvalue weighted by Crippen LogP contribution is -1.84. The molecule has 18 heavy (non-hydrogen) atoms. The molecule has 0 heterocycles. The highest BCUT2D eigenvalue weighted by atomic mass is 35.5. The van der Waals surface area contributed by atoms with E-state index in [9.17, 15) is 4.21 Å². The Morgan fingerprint density at radius 2 is 1.78 bits per heavy atom. The molecular weight excluding hydrogens is 293 g/mol. The smallest absolute Gasteiger partial charge is 0.205 e. The number of rotatable bonds is 3. The van der Waals surface area contributed by atoms with Gasteiger partial charge >= 0.3 is 0 Å². The summed E-state index contributed by atoms with van der Waals surface area (Å²) in [6.07, 6.45) is 0. The lowest BCUT2D eigenvalue weighted by molar-refractivity contribution is 0.483. The molecular formula is C12H7Cl2NO2S. The number of nitrogens with zero attached hydrogens (tertiary/aromatic N) is 1. The van der Waals surface area contributed by atoms with Crippen LogP contribution in [-0.2, 0) is 11.5 Å². The van der Waals surface area contributed by atoms with Crippen LogP contribution in [0.2, 0.25) is 10.0 Å². The van der Waals surface area contributed by atoms with Crippen molar-refractivity contribution >= 4 is 40.4 Å². The molecule has 92 valence electrons. The fourth-order valence-corrected chi connectivity index (χ4v) is 1.96.